The molecule has 1 aromatic heterocycles. The maximum atomic E-state index is 12.0. The first-order valence-electron chi connectivity index (χ1n) is 6.60. The summed E-state index contributed by atoms with van der Waals surface area (Å²) in [5.74, 6) is 0.527. The molecular formula is C15H18BrN3O. The van der Waals surface area contributed by atoms with Crippen molar-refractivity contribution in [1.82, 2.24) is 9.78 Å². The molecule has 1 N–H and O–H groups in total. The summed E-state index contributed by atoms with van der Waals surface area (Å²) in [6.45, 7) is 5.54. The third kappa shape index (κ3) is 4.20. The van der Waals surface area contributed by atoms with Crippen LogP contribution in [0.1, 0.15) is 19.4 Å². The number of anilines is 1. The van der Waals surface area contributed by atoms with Gasteiger partial charge in [-0.2, -0.15) is 5.10 Å². The van der Waals surface area contributed by atoms with E-state index in [-0.39, 0.29) is 5.56 Å². The van der Waals surface area contributed by atoms with Crippen LogP contribution in [0.25, 0.3) is 0 Å². The zero-order valence-electron chi connectivity index (χ0n) is 11.6. The molecule has 0 saturated carbocycles. The van der Waals surface area contributed by atoms with Crippen LogP contribution in [0, 0.1) is 5.92 Å². The summed E-state index contributed by atoms with van der Waals surface area (Å²) in [7, 11) is 0. The van der Waals surface area contributed by atoms with Crippen molar-refractivity contribution in [3.8, 4) is 0 Å². The summed E-state index contributed by atoms with van der Waals surface area (Å²) in [6.07, 6.45) is 1.70. The molecule has 0 atom stereocenters. The minimum atomic E-state index is -0.0984. The van der Waals surface area contributed by atoms with E-state index >= 15 is 0 Å². The summed E-state index contributed by atoms with van der Waals surface area (Å²) in [5.41, 5.74) is 1.71. The molecule has 0 unspecified atom stereocenters. The Hall–Kier alpha value is -1.62. The fraction of sp³-hybridized carbons (Fsp3) is 0.333. The fourth-order valence-electron chi connectivity index (χ4n) is 1.78. The average molecular weight is 336 g/mol. The van der Waals surface area contributed by atoms with Crippen molar-refractivity contribution in [3.05, 3.63) is 56.9 Å². The molecule has 1 aromatic carbocycles. The average Bonchev–Trinajstić information content (AvgIpc) is 2.39. The highest BCUT2D eigenvalue weighted by Crippen LogP contribution is 2.12. The summed E-state index contributed by atoms with van der Waals surface area (Å²) < 4.78 is 2.46. The van der Waals surface area contributed by atoms with Crippen LogP contribution in [0.2, 0.25) is 0 Å². The van der Waals surface area contributed by atoms with Gasteiger partial charge in [0.15, 0.2) is 0 Å². The van der Waals surface area contributed by atoms with Gasteiger partial charge < -0.3 is 5.32 Å². The van der Waals surface area contributed by atoms with Crippen LogP contribution in [0.4, 0.5) is 5.69 Å². The first kappa shape index (κ1) is 14.8. The van der Waals surface area contributed by atoms with Gasteiger partial charge in [-0.05, 0) is 23.6 Å². The first-order chi connectivity index (χ1) is 9.54. The molecule has 5 heteroatoms. The summed E-state index contributed by atoms with van der Waals surface area (Å²) >= 11 is 3.42. The predicted octanol–water partition coefficient (Wildman–Crippen LogP) is 3.12. The molecule has 20 heavy (non-hydrogen) atoms. The van der Waals surface area contributed by atoms with Crippen LogP contribution >= 0.6 is 15.9 Å². The van der Waals surface area contributed by atoms with Gasteiger partial charge in [-0.15, -0.1) is 0 Å². The van der Waals surface area contributed by atoms with Crippen molar-refractivity contribution < 1.29 is 0 Å². The lowest BCUT2D eigenvalue weighted by Gasteiger charge is -2.10. The van der Waals surface area contributed by atoms with E-state index in [0.717, 1.165) is 22.3 Å². The molecule has 0 amide bonds. The Balaban J connectivity index is 2.12. The van der Waals surface area contributed by atoms with E-state index in [2.05, 4.69) is 40.2 Å². The third-order valence-electron chi connectivity index (χ3n) is 2.81. The maximum Gasteiger partial charge on any atom is 0.269 e. The second-order valence-corrected chi connectivity index (χ2v) is 6.06. The second-order valence-electron chi connectivity index (χ2n) is 5.14. The number of halogens is 1. The molecule has 4 nitrogen and oxygen atoms in total. The Labute approximate surface area is 127 Å². The lowest BCUT2D eigenvalue weighted by atomic mass is 10.2. The summed E-state index contributed by atoms with van der Waals surface area (Å²) in [6, 6.07) is 9.46. The standard InChI is InChI=1S/C15H18BrN3O/c1-11(2)8-17-14-7-15(20)19(18-9-14)10-12-4-3-5-13(16)6-12/h3-7,9,11,17H,8,10H2,1-2H3. The molecule has 2 rings (SSSR count). The largest absolute Gasteiger partial charge is 0.383 e. The van der Waals surface area contributed by atoms with Crippen LogP contribution in [-0.2, 0) is 6.54 Å². The number of benzene rings is 1. The van der Waals surface area contributed by atoms with Crippen LogP contribution in [0.3, 0.4) is 0 Å². The lowest BCUT2D eigenvalue weighted by molar-refractivity contribution is 0.637. The monoisotopic (exact) mass is 335 g/mol. The highest BCUT2D eigenvalue weighted by molar-refractivity contribution is 9.10. The number of hydrogen-bond donors (Lipinski definition) is 1. The minimum absolute atomic E-state index is 0.0984. The van der Waals surface area contributed by atoms with Crippen molar-refractivity contribution >= 4 is 21.6 Å². The molecule has 2 aromatic rings. The Bertz CT molecular complexity index is 637. The van der Waals surface area contributed by atoms with Gasteiger partial charge in [0.05, 0.1) is 18.4 Å². The maximum absolute atomic E-state index is 12.0. The lowest BCUT2D eigenvalue weighted by Crippen LogP contribution is -2.23. The van der Waals surface area contributed by atoms with E-state index in [1.165, 1.54) is 4.68 Å². The molecule has 0 radical (unpaired) electrons. The zero-order valence-corrected chi connectivity index (χ0v) is 13.2. The molecule has 0 saturated heterocycles. The number of nitrogens with zero attached hydrogens (tertiary/aromatic N) is 2. The van der Waals surface area contributed by atoms with E-state index in [1.807, 2.05) is 24.3 Å². The zero-order chi connectivity index (χ0) is 14.5. The van der Waals surface area contributed by atoms with Gasteiger partial charge in [-0.25, -0.2) is 4.68 Å². The quantitative estimate of drug-likeness (QED) is 0.913. The second kappa shape index (κ2) is 6.70. The molecule has 0 aliphatic heterocycles. The molecular weight excluding hydrogens is 318 g/mol. The van der Waals surface area contributed by atoms with Gasteiger partial charge in [0.25, 0.3) is 5.56 Å². The van der Waals surface area contributed by atoms with Crippen molar-refractivity contribution in [2.24, 2.45) is 5.92 Å². The molecule has 0 fully saturated rings. The normalized spacial score (nSPS) is 10.8. The highest BCUT2D eigenvalue weighted by Gasteiger charge is 2.02. The van der Waals surface area contributed by atoms with Gasteiger partial charge in [-0.3, -0.25) is 4.79 Å². The fourth-order valence-corrected chi connectivity index (χ4v) is 2.23. The van der Waals surface area contributed by atoms with Crippen LogP contribution < -0.4 is 10.9 Å². The summed E-state index contributed by atoms with van der Waals surface area (Å²) in [4.78, 5) is 12.0. The molecule has 0 bridgehead atoms. The van der Waals surface area contributed by atoms with Gasteiger partial charge in [0.1, 0.15) is 0 Å². The van der Waals surface area contributed by atoms with E-state index in [1.54, 1.807) is 12.3 Å². The van der Waals surface area contributed by atoms with Crippen molar-refractivity contribution in [2.45, 2.75) is 20.4 Å². The van der Waals surface area contributed by atoms with Crippen LogP contribution in [-0.4, -0.2) is 16.3 Å². The smallest absolute Gasteiger partial charge is 0.269 e. The minimum Gasteiger partial charge on any atom is -0.383 e. The highest BCUT2D eigenvalue weighted by atomic mass is 79.9. The molecule has 0 aliphatic rings. The first-order valence-corrected chi connectivity index (χ1v) is 7.39. The Morgan fingerprint density at radius 1 is 1.35 bits per heavy atom. The van der Waals surface area contributed by atoms with Crippen LogP contribution in [0.5, 0.6) is 0 Å². The molecule has 0 spiro atoms. The molecule has 0 aliphatic carbocycles. The topological polar surface area (TPSA) is 46.9 Å². The van der Waals surface area contributed by atoms with E-state index in [9.17, 15) is 4.79 Å². The van der Waals surface area contributed by atoms with E-state index in [4.69, 9.17) is 0 Å². The number of rotatable bonds is 5. The van der Waals surface area contributed by atoms with Crippen molar-refractivity contribution in [3.63, 3.8) is 0 Å². The SMILES string of the molecule is CC(C)CNc1cnn(Cc2cccc(Br)c2)c(=O)c1. The Morgan fingerprint density at radius 3 is 2.80 bits per heavy atom. The van der Waals surface area contributed by atoms with E-state index in [0.29, 0.717) is 12.5 Å². The van der Waals surface area contributed by atoms with Crippen LogP contribution in [0.15, 0.2) is 45.8 Å². The van der Waals surface area contributed by atoms with Gasteiger partial charge in [-0.1, -0.05) is 41.9 Å². The Kier molecular flexibility index (Phi) is 4.95. The number of hydrogen-bond acceptors (Lipinski definition) is 3. The van der Waals surface area contributed by atoms with E-state index < -0.39 is 0 Å². The third-order valence-corrected chi connectivity index (χ3v) is 3.30. The van der Waals surface area contributed by atoms with Crippen molar-refractivity contribution in [1.29, 1.82) is 0 Å². The number of nitrogens with one attached hydrogen (secondary N) is 1. The van der Waals surface area contributed by atoms with Crippen molar-refractivity contribution in [2.75, 3.05) is 11.9 Å². The van der Waals surface area contributed by atoms with Gasteiger partial charge in [0, 0.05) is 17.1 Å². The summed E-state index contributed by atoms with van der Waals surface area (Å²) in [5, 5.41) is 7.41. The molecule has 1 heterocycles. The van der Waals surface area contributed by atoms with Gasteiger partial charge >= 0.3 is 0 Å². The number of aromatic nitrogens is 2. The molecule has 106 valence electrons. The predicted molar refractivity (Wildman–Crippen MR) is 85.1 cm³/mol. The van der Waals surface area contributed by atoms with Gasteiger partial charge in [0.2, 0.25) is 0 Å². The Morgan fingerprint density at radius 2 is 2.15 bits per heavy atom.